The Balaban J connectivity index is 1.85. The van der Waals surface area contributed by atoms with E-state index in [1.807, 2.05) is 57.2 Å². The molecular weight excluding hydrogens is 436 g/mol. The second-order valence-corrected chi connectivity index (χ2v) is 8.37. The Hall–Kier alpha value is -3.57. The summed E-state index contributed by atoms with van der Waals surface area (Å²) in [4.78, 5) is 28.5. The number of halogens is 1. The van der Waals surface area contributed by atoms with E-state index in [1.54, 1.807) is 31.2 Å². The Kier molecular flexibility index (Phi) is 6.25. The third kappa shape index (κ3) is 4.24. The average Bonchev–Trinajstić information content (AvgIpc) is 3.02. The van der Waals surface area contributed by atoms with Gasteiger partial charge in [-0.05, 0) is 74.2 Å². The molecule has 0 radical (unpaired) electrons. The van der Waals surface area contributed by atoms with Crippen molar-refractivity contribution in [2.45, 2.75) is 27.7 Å². The van der Waals surface area contributed by atoms with Gasteiger partial charge in [-0.25, -0.2) is 4.90 Å². The molecule has 0 bridgehead atoms. The van der Waals surface area contributed by atoms with Crippen LogP contribution in [0.3, 0.4) is 0 Å². The number of carbonyl (C=O) groups excluding carboxylic acids is 2. The van der Waals surface area contributed by atoms with Crippen LogP contribution in [0, 0.1) is 20.8 Å². The summed E-state index contributed by atoms with van der Waals surface area (Å²) in [7, 11) is 0. The van der Waals surface area contributed by atoms with Crippen molar-refractivity contribution in [3.63, 3.8) is 0 Å². The zero-order chi connectivity index (χ0) is 23.7. The van der Waals surface area contributed by atoms with Crippen molar-refractivity contribution < 1.29 is 14.3 Å². The smallest absolute Gasteiger partial charge is 0.282 e. The van der Waals surface area contributed by atoms with Gasteiger partial charge in [0.25, 0.3) is 11.8 Å². The van der Waals surface area contributed by atoms with Gasteiger partial charge in [0.15, 0.2) is 0 Å². The number of benzene rings is 3. The first-order chi connectivity index (χ1) is 15.8. The molecule has 0 aliphatic carbocycles. The van der Waals surface area contributed by atoms with Gasteiger partial charge in [-0.3, -0.25) is 9.59 Å². The number of amides is 2. The fraction of sp³-hybridized carbons (Fsp3) is 0.185. The lowest BCUT2D eigenvalue weighted by Gasteiger charge is -2.18. The highest BCUT2D eigenvalue weighted by Crippen LogP contribution is 2.37. The average molecular weight is 461 g/mol. The van der Waals surface area contributed by atoms with E-state index in [0.717, 1.165) is 11.1 Å². The molecule has 0 unspecified atom stereocenters. The summed E-state index contributed by atoms with van der Waals surface area (Å²) in [5.74, 6) is -0.146. The van der Waals surface area contributed by atoms with Crippen molar-refractivity contribution in [3.05, 3.63) is 93.6 Å². The summed E-state index contributed by atoms with van der Waals surface area (Å²) in [5, 5.41) is 3.68. The van der Waals surface area contributed by atoms with Crippen LogP contribution in [0.2, 0.25) is 5.02 Å². The Morgan fingerprint density at radius 3 is 2.39 bits per heavy atom. The van der Waals surface area contributed by atoms with Crippen LogP contribution in [0.15, 0.2) is 66.4 Å². The number of hydrogen-bond acceptors (Lipinski definition) is 4. The van der Waals surface area contributed by atoms with E-state index >= 15 is 0 Å². The standard InChI is InChI=1S/C27H25ClN2O3/c1-5-33-21-9-6-8-20(15-21)29-25-24(19-13-12-16(2)17(3)14-19)26(31)30(27(25)32)23-11-7-10-22(28)18(23)4/h6-15,29H,5H2,1-4H3. The molecule has 2 amide bonds. The number of aryl methyl sites for hydroxylation is 2. The maximum Gasteiger partial charge on any atom is 0.282 e. The molecule has 0 fully saturated rings. The van der Waals surface area contributed by atoms with Crippen molar-refractivity contribution in [3.8, 4) is 5.75 Å². The van der Waals surface area contributed by atoms with Crippen LogP contribution in [-0.2, 0) is 9.59 Å². The second-order valence-electron chi connectivity index (χ2n) is 7.96. The minimum absolute atomic E-state index is 0.219. The largest absolute Gasteiger partial charge is 0.494 e. The van der Waals surface area contributed by atoms with Crippen LogP contribution >= 0.6 is 11.6 Å². The fourth-order valence-corrected chi connectivity index (χ4v) is 4.01. The molecule has 0 spiro atoms. The minimum Gasteiger partial charge on any atom is -0.494 e. The summed E-state index contributed by atoms with van der Waals surface area (Å²) in [5.41, 5.74) is 5.16. The molecule has 3 aromatic rings. The van der Waals surface area contributed by atoms with Crippen LogP contribution in [0.25, 0.3) is 5.57 Å². The SMILES string of the molecule is CCOc1cccc(NC2=C(c3ccc(C)c(C)c3)C(=O)N(c3cccc(Cl)c3C)C2=O)c1. The molecule has 0 saturated heterocycles. The van der Waals surface area contributed by atoms with Crippen molar-refractivity contribution in [1.82, 2.24) is 0 Å². The van der Waals surface area contributed by atoms with Gasteiger partial charge in [-0.15, -0.1) is 0 Å². The summed E-state index contributed by atoms with van der Waals surface area (Å²) in [6, 6.07) is 18.3. The number of anilines is 2. The van der Waals surface area contributed by atoms with Gasteiger partial charge in [0.2, 0.25) is 0 Å². The molecule has 1 aliphatic rings. The maximum absolute atomic E-state index is 13.7. The van der Waals surface area contributed by atoms with Gasteiger partial charge in [0.05, 0.1) is 17.9 Å². The van der Waals surface area contributed by atoms with Crippen LogP contribution in [0.1, 0.15) is 29.2 Å². The molecule has 0 aromatic heterocycles. The quantitative estimate of drug-likeness (QED) is 0.454. The highest BCUT2D eigenvalue weighted by atomic mass is 35.5. The second kappa shape index (κ2) is 9.12. The van der Waals surface area contributed by atoms with Gasteiger partial charge in [0, 0.05) is 16.8 Å². The molecule has 1 N–H and O–H groups in total. The van der Waals surface area contributed by atoms with E-state index in [0.29, 0.717) is 45.5 Å². The van der Waals surface area contributed by atoms with Crippen LogP contribution in [0.4, 0.5) is 11.4 Å². The van der Waals surface area contributed by atoms with Crippen molar-refractivity contribution >= 4 is 40.4 Å². The molecule has 0 atom stereocenters. The number of rotatable bonds is 6. The van der Waals surface area contributed by atoms with E-state index in [2.05, 4.69) is 5.32 Å². The topological polar surface area (TPSA) is 58.6 Å². The van der Waals surface area contributed by atoms with E-state index in [1.165, 1.54) is 4.90 Å². The lowest BCUT2D eigenvalue weighted by atomic mass is 9.99. The van der Waals surface area contributed by atoms with Crippen molar-refractivity contribution in [2.24, 2.45) is 0 Å². The predicted octanol–water partition coefficient (Wildman–Crippen LogP) is 6.06. The van der Waals surface area contributed by atoms with Crippen LogP contribution in [0.5, 0.6) is 5.75 Å². The van der Waals surface area contributed by atoms with Gasteiger partial charge in [0.1, 0.15) is 11.4 Å². The number of nitrogens with one attached hydrogen (secondary N) is 1. The van der Waals surface area contributed by atoms with E-state index in [9.17, 15) is 9.59 Å². The Bertz CT molecular complexity index is 1300. The molecule has 4 rings (SSSR count). The summed E-state index contributed by atoms with van der Waals surface area (Å²) in [6.07, 6.45) is 0. The molecular formula is C27H25ClN2O3. The van der Waals surface area contributed by atoms with Gasteiger partial charge in [-0.1, -0.05) is 41.9 Å². The fourth-order valence-electron chi connectivity index (χ4n) is 3.84. The van der Waals surface area contributed by atoms with Crippen molar-refractivity contribution in [2.75, 3.05) is 16.8 Å². The van der Waals surface area contributed by atoms with E-state index < -0.39 is 11.8 Å². The summed E-state index contributed by atoms with van der Waals surface area (Å²) >= 11 is 6.30. The lowest BCUT2D eigenvalue weighted by molar-refractivity contribution is -0.120. The third-order valence-corrected chi connectivity index (χ3v) is 6.18. The normalized spacial score (nSPS) is 13.7. The molecule has 1 aliphatic heterocycles. The molecule has 5 nitrogen and oxygen atoms in total. The predicted molar refractivity (Wildman–Crippen MR) is 133 cm³/mol. The Labute approximate surface area is 198 Å². The molecule has 0 saturated carbocycles. The first-order valence-corrected chi connectivity index (χ1v) is 11.1. The maximum atomic E-state index is 13.7. The highest BCUT2D eigenvalue weighted by molar-refractivity contribution is 6.46. The van der Waals surface area contributed by atoms with Gasteiger partial charge < -0.3 is 10.1 Å². The van der Waals surface area contributed by atoms with Crippen LogP contribution < -0.4 is 15.0 Å². The number of nitrogens with zero attached hydrogens (tertiary/aromatic N) is 1. The van der Waals surface area contributed by atoms with Gasteiger partial charge >= 0.3 is 0 Å². The molecule has 33 heavy (non-hydrogen) atoms. The van der Waals surface area contributed by atoms with E-state index in [-0.39, 0.29) is 5.70 Å². The number of hydrogen-bond donors (Lipinski definition) is 1. The third-order valence-electron chi connectivity index (χ3n) is 5.77. The minimum atomic E-state index is -0.430. The Morgan fingerprint density at radius 1 is 0.909 bits per heavy atom. The number of imide groups is 1. The number of carbonyl (C=O) groups is 2. The van der Waals surface area contributed by atoms with E-state index in [4.69, 9.17) is 16.3 Å². The summed E-state index contributed by atoms with van der Waals surface area (Å²) in [6.45, 7) is 8.22. The monoisotopic (exact) mass is 460 g/mol. The first-order valence-electron chi connectivity index (χ1n) is 10.8. The van der Waals surface area contributed by atoms with Crippen LogP contribution in [-0.4, -0.2) is 18.4 Å². The molecule has 3 aromatic carbocycles. The molecule has 6 heteroatoms. The molecule has 1 heterocycles. The zero-order valence-electron chi connectivity index (χ0n) is 19.0. The summed E-state index contributed by atoms with van der Waals surface area (Å²) < 4.78 is 5.59. The highest BCUT2D eigenvalue weighted by Gasteiger charge is 2.41. The number of ether oxygens (including phenoxy) is 1. The van der Waals surface area contributed by atoms with Gasteiger partial charge in [-0.2, -0.15) is 0 Å². The lowest BCUT2D eigenvalue weighted by Crippen LogP contribution is -2.33. The zero-order valence-corrected chi connectivity index (χ0v) is 19.8. The first kappa shape index (κ1) is 22.6. The molecule has 168 valence electrons. The van der Waals surface area contributed by atoms with Crippen molar-refractivity contribution in [1.29, 1.82) is 0 Å². The Morgan fingerprint density at radius 2 is 1.67 bits per heavy atom.